The van der Waals surface area contributed by atoms with Crippen molar-refractivity contribution in [3.05, 3.63) is 28.8 Å². The minimum atomic E-state index is -1.79. The second-order valence-electron chi connectivity index (χ2n) is 6.19. The fourth-order valence-electron chi connectivity index (χ4n) is 3.46. The molecule has 5 nitrogen and oxygen atoms in total. The van der Waals surface area contributed by atoms with Crippen molar-refractivity contribution in [2.75, 3.05) is 24.5 Å². The smallest absolute Gasteiger partial charge is 0.335 e. The maximum atomic E-state index is 15.0. The van der Waals surface area contributed by atoms with E-state index in [1.807, 2.05) is 0 Å². The number of amides is 1. The molecule has 0 bridgehead atoms. The Balaban J connectivity index is 2.00. The van der Waals surface area contributed by atoms with Gasteiger partial charge in [0.1, 0.15) is 0 Å². The number of benzene rings is 1. The van der Waals surface area contributed by atoms with E-state index in [1.54, 1.807) is 26.0 Å². The lowest BCUT2D eigenvalue weighted by molar-refractivity contribution is -0.130. The molecule has 2 heterocycles. The van der Waals surface area contributed by atoms with E-state index < -0.39 is 17.5 Å². The number of alkyl halides is 1. The summed E-state index contributed by atoms with van der Waals surface area (Å²) in [6.07, 6.45) is 0.193. The van der Waals surface area contributed by atoms with E-state index >= 15 is 4.39 Å². The standard InChI is InChI=1S/C16H19FN2O3/c1-9-6-13(10(2)5-12(9)14(20)21)19-8-11-7-18-4-3-16(11,17)15(19)22/h5-6,11,18H,3-4,7-8H2,1-2H3,(H,20,21). The number of fused-ring (bicyclic) bond motifs is 1. The van der Waals surface area contributed by atoms with E-state index in [0.29, 0.717) is 36.4 Å². The maximum absolute atomic E-state index is 15.0. The molecule has 2 N–H and O–H groups in total. The van der Waals surface area contributed by atoms with Gasteiger partial charge in [-0.1, -0.05) is 0 Å². The molecule has 1 amide bonds. The van der Waals surface area contributed by atoms with Gasteiger partial charge < -0.3 is 15.3 Å². The molecule has 0 aromatic heterocycles. The van der Waals surface area contributed by atoms with E-state index in [1.165, 1.54) is 4.90 Å². The van der Waals surface area contributed by atoms with Crippen molar-refractivity contribution in [1.29, 1.82) is 0 Å². The van der Waals surface area contributed by atoms with Crippen LogP contribution in [-0.4, -0.2) is 42.3 Å². The van der Waals surface area contributed by atoms with Crippen LogP contribution in [0.15, 0.2) is 12.1 Å². The zero-order valence-electron chi connectivity index (χ0n) is 12.6. The van der Waals surface area contributed by atoms with Crippen LogP contribution in [0.3, 0.4) is 0 Å². The van der Waals surface area contributed by atoms with Crippen molar-refractivity contribution < 1.29 is 19.1 Å². The molecule has 2 saturated heterocycles. The van der Waals surface area contributed by atoms with Crippen LogP contribution in [0.1, 0.15) is 27.9 Å². The molecule has 2 atom stereocenters. The van der Waals surface area contributed by atoms with Crippen molar-refractivity contribution in [3.8, 4) is 0 Å². The summed E-state index contributed by atoms with van der Waals surface area (Å²) in [6.45, 7) is 4.76. The number of rotatable bonds is 2. The van der Waals surface area contributed by atoms with Crippen molar-refractivity contribution in [3.63, 3.8) is 0 Å². The average molecular weight is 306 g/mol. The normalized spacial score (nSPS) is 27.9. The van der Waals surface area contributed by atoms with Crippen molar-refractivity contribution in [2.24, 2.45) is 5.92 Å². The fraction of sp³-hybridized carbons (Fsp3) is 0.500. The summed E-state index contributed by atoms with van der Waals surface area (Å²) in [5, 5.41) is 12.3. The molecule has 3 rings (SSSR count). The first-order valence-electron chi connectivity index (χ1n) is 7.40. The first-order chi connectivity index (χ1) is 10.3. The van der Waals surface area contributed by atoms with Crippen LogP contribution < -0.4 is 10.2 Å². The quantitative estimate of drug-likeness (QED) is 0.872. The van der Waals surface area contributed by atoms with Gasteiger partial charge in [-0.2, -0.15) is 0 Å². The van der Waals surface area contributed by atoms with Gasteiger partial charge in [-0.05, 0) is 43.7 Å². The number of hydrogen-bond acceptors (Lipinski definition) is 3. The second-order valence-corrected chi connectivity index (χ2v) is 6.19. The molecule has 6 heteroatoms. The maximum Gasteiger partial charge on any atom is 0.335 e. The summed E-state index contributed by atoms with van der Waals surface area (Å²) in [4.78, 5) is 25.2. The second kappa shape index (κ2) is 5.05. The van der Waals surface area contributed by atoms with Crippen molar-refractivity contribution in [1.82, 2.24) is 5.32 Å². The number of carboxylic acid groups (broad SMARTS) is 1. The van der Waals surface area contributed by atoms with Crippen LogP contribution in [0.4, 0.5) is 10.1 Å². The van der Waals surface area contributed by atoms with Crippen LogP contribution in [0, 0.1) is 19.8 Å². The topological polar surface area (TPSA) is 69.6 Å². The zero-order valence-corrected chi connectivity index (χ0v) is 12.6. The van der Waals surface area contributed by atoms with Gasteiger partial charge in [-0.15, -0.1) is 0 Å². The van der Waals surface area contributed by atoms with E-state index in [9.17, 15) is 9.59 Å². The number of halogens is 1. The molecule has 22 heavy (non-hydrogen) atoms. The van der Waals surface area contributed by atoms with Gasteiger partial charge in [-0.25, -0.2) is 9.18 Å². The minimum absolute atomic E-state index is 0.193. The van der Waals surface area contributed by atoms with Gasteiger partial charge in [0.2, 0.25) is 0 Å². The van der Waals surface area contributed by atoms with Gasteiger partial charge in [0.15, 0.2) is 5.67 Å². The summed E-state index contributed by atoms with van der Waals surface area (Å²) < 4.78 is 15.0. The molecular weight excluding hydrogens is 287 g/mol. The minimum Gasteiger partial charge on any atom is -0.478 e. The third-order valence-electron chi connectivity index (χ3n) is 4.77. The highest BCUT2D eigenvalue weighted by molar-refractivity contribution is 6.03. The van der Waals surface area contributed by atoms with Crippen LogP contribution in [0.2, 0.25) is 0 Å². The highest BCUT2D eigenvalue weighted by Gasteiger charge is 2.56. The molecule has 0 spiro atoms. The number of aromatic carboxylic acids is 1. The Morgan fingerprint density at radius 1 is 1.41 bits per heavy atom. The molecule has 0 aliphatic carbocycles. The lowest BCUT2D eigenvalue weighted by Crippen LogP contribution is -2.49. The predicted octanol–water partition coefficient (Wildman–Crippen LogP) is 1.67. The monoisotopic (exact) mass is 306 g/mol. The SMILES string of the molecule is Cc1cc(N2CC3CNCCC3(F)C2=O)c(C)cc1C(=O)O. The van der Waals surface area contributed by atoms with Crippen LogP contribution >= 0.6 is 0 Å². The highest BCUT2D eigenvalue weighted by atomic mass is 19.1. The van der Waals surface area contributed by atoms with Crippen molar-refractivity contribution >= 4 is 17.6 Å². The number of piperidine rings is 1. The summed E-state index contributed by atoms with van der Waals surface area (Å²) in [5.74, 6) is -1.85. The molecule has 1 aromatic rings. The Morgan fingerprint density at radius 2 is 2.14 bits per heavy atom. The van der Waals surface area contributed by atoms with Crippen LogP contribution in [0.5, 0.6) is 0 Å². The first-order valence-corrected chi connectivity index (χ1v) is 7.40. The Kier molecular flexibility index (Phi) is 3.44. The lowest BCUT2D eigenvalue weighted by Gasteiger charge is -2.29. The number of nitrogens with one attached hydrogen (secondary N) is 1. The number of carbonyl (C=O) groups is 2. The molecule has 0 saturated carbocycles. The number of nitrogens with zero attached hydrogens (tertiary/aromatic N) is 1. The van der Waals surface area contributed by atoms with E-state index in [2.05, 4.69) is 5.32 Å². The molecule has 118 valence electrons. The van der Waals surface area contributed by atoms with E-state index in [-0.39, 0.29) is 17.9 Å². The molecule has 2 aliphatic heterocycles. The summed E-state index contributed by atoms with van der Waals surface area (Å²) >= 11 is 0. The van der Waals surface area contributed by atoms with Gasteiger partial charge >= 0.3 is 5.97 Å². The van der Waals surface area contributed by atoms with E-state index in [4.69, 9.17) is 5.11 Å². The molecule has 1 aromatic carbocycles. The fourth-order valence-corrected chi connectivity index (χ4v) is 3.46. The Morgan fingerprint density at radius 3 is 2.77 bits per heavy atom. The summed E-state index contributed by atoms with van der Waals surface area (Å²) in [5.41, 5.74) is 0.270. The first kappa shape index (κ1) is 15.0. The predicted molar refractivity (Wildman–Crippen MR) is 80.0 cm³/mol. The summed E-state index contributed by atoms with van der Waals surface area (Å²) in [6, 6.07) is 3.22. The molecule has 0 radical (unpaired) electrons. The third-order valence-corrected chi connectivity index (χ3v) is 4.77. The third kappa shape index (κ3) is 2.09. The highest BCUT2D eigenvalue weighted by Crippen LogP contribution is 2.40. The largest absolute Gasteiger partial charge is 0.478 e. The Hall–Kier alpha value is -1.95. The average Bonchev–Trinajstić information content (AvgIpc) is 2.73. The Labute approximate surface area is 128 Å². The number of hydrogen-bond donors (Lipinski definition) is 2. The van der Waals surface area contributed by atoms with Gasteiger partial charge in [0.25, 0.3) is 5.91 Å². The molecule has 2 aliphatic rings. The lowest BCUT2D eigenvalue weighted by atomic mass is 9.86. The summed E-state index contributed by atoms with van der Waals surface area (Å²) in [7, 11) is 0. The van der Waals surface area contributed by atoms with Gasteiger partial charge in [0, 0.05) is 31.1 Å². The van der Waals surface area contributed by atoms with Gasteiger partial charge in [0.05, 0.1) is 5.56 Å². The number of carbonyl (C=O) groups excluding carboxylic acids is 1. The van der Waals surface area contributed by atoms with Gasteiger partial charge in [-0.3, -0.25) is 4.79 Å². The van der Waals surface area contributed by atoms with E-state index in [0.717, 1.165) is 0 Å². The van der Waals surface area contributed by atoms with Crippen LogP contribution in [0.25, 0.3) is 0 Å². The zero-order chi connectivity index (χ0) is 16.1. The number of aryl methyl sites for hydroxylation is 2. The number of carboxylic acids is 1. The van der Waals surface area contributed by atoms with Crippen LogP contribution in [-0.2, 0) is 4.79 Å². The molecular formula is C16H19FN2O3. The molecule has 2 fully saturated rings. The molecule has 2 unspecified atom stereocenters. The van der Waals surface area contributed by atoms with Crippen molar-refractivity contribution in [2.45, 2.75) is 25.9 Å². The Bertz CT molecular complexity index is 661. The number of anilines is 1.